The number of carbonyl (C=O) groups excluding carboxylic acids is 4. The summed E-state index contributed by atoms with van der Waals surface area (Å²) in [6, 6.07) is 14.9. The molecule has 1 heterocycles. The SMILES string of the molecule is N#Cc1ccccc1OCC(=O)NNC(=O)CNC(=O)c1ccc(N2CCCC2=O)cc1. The van der Waals surface area contributed by atoms with Gasteiger partial charge >= 0.3 is 0 Å². The van der Waals surface area contributed by atoms with Crippen LogP contribution in [-0.4, -0.2) is 43.3 Å². The molecule has 1 aliphatic rings. The van der Waals surface area contributed by atoms with Gasteiger partial charge in [0.05, 0.1) is 12.1 Å². The van der Waals surface area contributed by atoms with Crippen molar-refractivity contribution in [3.63, 3.8) is 0 Å². The molecule has 0 radical (unpaired) electrons. The molecule has 4 amide bonds. The fourth-order valence-electron chi connectivity index (χ4n) is 3.02. The lowest BCUT2D eigenvalue weighted by Gasteiger charge is -2.15. The van der Waals surface area contributed by atoms with Crippen molar-refractivity contribution in [3.8, 4) is 11.8 Å². The predicted octanol–water partition coefficient (Wildman–Crippen LogP) is 0.641. The topological polar surface area (TPSA) is 141 Å². The van der Waals surface area contributed by atoms with Crippen LogP contribution >= 0.6 is 0 Å². The molecule has 0 aromatic heterocycles. The molecule has 0 unspecified atom stereocenters. The van der Waals surface area contributed by atoms with Crippen molar-refractivity contribution >= 4 is 29.3 Å². The first-order valence-electron chi connectivity index (χ1n) is 9.86. The van der Waals surface area contributed by atoms with Crippen LogP contribution in [0.3, 0.4) is 0 Å². The largest absolute Gasteiger partial charge is 0.482 e. The number of hydrogen-bond acceptors (Lipinski definition) is 6. The van der Waals surface area contributed by atoms with Gasteiger partial charge in [0.1, 0.15) is 11.8 Å². The molecule has 0 saturated carbocycles. The highest BCUT2D eigenvalue weighted by atomic mass is 16.5. The summed E-state index contributed by atoms with van der Waals surface area (Å²) in [4.78, 5) is 49.3. The van der Waals surface area contributed by atoms with Crippen molar-refractivity contribution in [2.75, 3.05) is 24.6 Å². The van der Waals surface area contributed by atoms with Crippen molar-refractivity contribution in [1.29, 1.82) is 5.26 Å². The summed E-state index contributed by atoms with van der Waals surface area (Å²) >= 11 is 0. The summed E-state index contributed by atoms with van der Waals surface area (Å²) in [5.74, 6) is -1.43. The van der Waals surface area contributed by atoms with Gasteiger partial charge in [-0.3, -0.25) is 30.0 Å². The minimum Gasteiger partial charge on any atom is -0.482 e. The van der Waals surface area contributed by atoms with Gasteiger partial charge in [-0.2, -0.15) is 5.26 Å². The van der Waals surface area contributed by atoms with E-state index in [4.69, 9.17) is 10.00 Å². The van der Waals surface area contributed by atoms with E-state index in [2.05, 4.69) is 16.2 Å². The zero-order chi connectivity index (χ0) is 22.9. The van der Waals surface area contributed by atoms with Crippen LogP contribution in [0.15, 0.2) is 48.5 Å². The fourth-order valence-corrected chi connectivity index (χ4v) is 3.02. The summed E-state index contributed by atoms with van der Waals surface area (Å²) in [6.07, 6.45) is 1.33. The molecule has 10 nitrogen and oxygen atoms in total. The lowest BCUT2D eigenvalue weighted by molar-refractivity contribution is -0.129. The molecule has 164 valence electrons. The molecule has 3 N–H and O–H groups in total. The first-order valence-corrected chi connectivity index (χ1v) is 9.86. The number of hydrazine groups is 1. The first-order chi connectivity index (χ1) is 15.5. The van der Waals surface area contributed by atoms with E-state index in [1.54, 1.807) is 53.4 Å². The smallest absolute Gasteiger partial charge is 0.276 e. The van der Waals surface area contributed by atoms with Crippen LogP contribution in [-0.2, 0) is 14.4 Å². The van der Waals surface area contributed by atoms with Gasteiger partial charge in [0.2, 0.25) is 5.91 Å². The number of carbonyl (C=O) groups is 4. The van der Waals surface area contributed by atoms with Crippen molar-refractivity contribution in [3.05, 3.63) is 59.7 Å². The average molecular weight is 435 g/mol. The Morgan fingerprint density at radius 1 is 1.03 bits per heavy atom. The third-order valence-corrected chi connectivity index (χ3v) is 4.63. The van der Waals surface area contributed by atoms with Crippen molar-refractivity contribution in [2.45, 2.75) is 12.8 Å². The van der Waals surface area contributed by atoms with Gasteiger partial charge in [-0.15, -0.1) is 0 Å². The van der Waals surface area contributed by atoms with Gasteiger partial charge in [0.25, 0.3) is 17.7 Å². The lowest BCUT2D eigenvalue weighted by Crippen LogP contribution is -2.47. The Bertz CT molecular complexity index is 1060. The molecular formula is C22H21N5O5. The minimum atomic E-state index is -0.636. The molecule has 0 bridgehead atoms. The number of ether oxygens (including phenoxy) is 1. The number of benzene rings is 2. The van der Waals surface area contributed by atoms with E-state index in [0.29, 0.717) is 18.5 Å². The first kappa shape index (κ1) is 22.3. The van der Waals surface area contributed by atoms with Crippen LogP contribution in [0.4, 0.5) is 5.69 Å². The van der Waals surface area contributed by atoms with Crippen molar-refractivity contribution in [1.82, 2.24) is 16.2 Å². The molecule has 2 aromatic rings. The summed E-state index contributed by atoms with van der Waals surface area (Å²) in [6.45, 7) is -0.104. The Hall–Kier alpha value is -4.39. The Morgan fingerprint density at radius 2 is 1.75 bits per heavy atom. The van der Waals surface area contributed by atoms with Gasteiger partial charge in [-0.25, -0.2) is 0 Å². The van der Waals surface area contributed by atoms with Crippen LogP contribution in [0.5, 0.6) is 5.75 Å². The summed E-state index contributed by atoms with van der Waals surface area (Å²) in [7, 11) is 0. The third kappa shape index (κ3) is 5.82. The highest BCUT2D eigenvalue weighted by Gasteiger charge is 2.21. The molecule has 1 aliphatic heterocycles. The zero-order valence-electron chi connectivity index (χ0n) is 17.1. The highest BCUT2D eigenvalue weighted by Crippen LogP contribution is 2.21. The highest BCUT2D eigenvalue weighted by molar-refractivity contribution is 5.98. The molecular weight excluding hydrogens is 414 g/mol. The van der Waals surface area contributed by atoms with E-state index in [1.807, 2.05) is 6.07 Å². The number of amides is 4. The van der Waals surface area contributed by atoms with Crippen LogP contribution in [0.1, 0.15) is 28.8 Å². The Morgan fingerprint density at radius 3 is 2.44 bits per heavy atom. The van der Waals surface area contributed by atoms with Gasteiger partial charge < -0.3 is 15.0 Å². The van der Waals surface area contributed by atoms with Gasteiger partial charge in [-0.05, 0) is 42.8 Å². The van der Waals surface area contributed by atoms with E-state index in [0.717, 1.165) is 12.1 Å². The monoisotopic (exact) mass is 435 g/mol. The van der Waals surface area contributed by atoms with E-state index >= 15 is 0 Å². The van der Waals surface area contributed by atoms with E-state index in [1.165, 1.54) is 0 Å². The summed E-state index contributed by atoms with van der Waals surface area (Å²) in [5.41, 5.74) is 5.67. The normalized spacial score (nSPS) is 12.6. The molecule has 3 rings (SSSR count). The average Bonchev–Trinajstić information content (AvgIpc) is 3.25. The number of hydrogen-bond donors (Lipinski definition) is 3. The van der Waals surface area contributed by atoms with Crippen molar-refractivity contribution in [2.24, 2.45) is 0 Å². The third-order valence-electron chi connectivity index (χ3n) is 4.63. The predicted molar refractivity (Wildman–Crippen MR) is 113 cm³/mol. The van der Waals surface area contributed by atoms with Gasteiger partial charge in [0, 0.05) is 24.2 Å². The van der Waals surface area contributed by atoms with E-state index in [-0.39, 0.29) is 23.8 Å². The Balaban J connectivity index is 1.38. The summed E-state index contributed by atoms with van der Waals surface area (Å²) < 4.78 is 5.25. The van der Waals surface area contributed by atoms with Gasteiger partial charge in [-0.1, -0.05) is 12.1 Å². The number of rotatable bonds is 7. The number of nitrogens with zero attached hydrogens (tertiary/aromatic N) is 2. The Labute approximate surface area is 184 Å². The number of nitriles is 1. The second-order valence-electron chi connectivity index (χ2n) is 6.87. The van der Waals surface area contributed by atoms with Crippen LogP contribution in [0.2, 0.25) is 0 Å². The quantitative estimate of drug-likeness (QED) is 0.545. The van der Waals surface area contributed by atoms with E-state index < -0.39 is 24.3 Å². The minimum absolute atomic E-state index is 0.0561. The molecule has 1 fully saturated rings. The standard InChI is InChI=1S/C22H21N5O5/c23-12-16-4-1-2-5-18(16)32-14-20(29)26-25-19(28)13-24-22(31)15-7-9-17(10-8-15)27-11-3-6-21(27)30/h1-2,4-5,7-10H,3,6,11,13-14H2,(H,24,31)(H,25,28)(H,26,29). The number of nitrogens with one attached hydrogen (secondary N) is 3. The maximum absolute atomic E-state index is 12.2. The second-order valence-corrected chi connectivity index (χ2v) is 6.87. The maximum atomic E-state index is 12.2. The van der Waals surface area contributed by atoms with Crippen LogP contribution < -0.4 is 25.8 Å². The number of anilines is 1. The molecule has 0 spiro atoms. The molecule has 32 heavy (non-hydrogen) atoms. The van der Waals surface area contributed by atoms with Crippen molar-refractivity contribution < 1.29 is 23.9 Å². The summed E-state index contributed by atoms with van der Waals surface area (Å²) in [5, 5.41) is 11.4. The van der Waals surface area contributed by atoms with Crippen LogP contribution in [0, 0.1) is 11.3 Å². The molecule has 1 saturated heterocycles. The molecule has 0 atom stereocenters. The van der Waals surface area contributed by atoms with Crippen LogP contribution in [0.25, 0.3) is 0 Å². The zero-order valence-corrected chi connectivity index (χ0v) is 17.1. The molecule has 10 heteroatoms. The molecule has 0 aliphatic carbocycles. The maximum Gasteiger partial charge on any atom is 0.276 e. The van der Waals surface area contributed by atoms with E-state index in [9.17, 15) is 19.2 Å². The number of para-hydroxylation sites is 1. The Kier molecular flexibility index (Phi) is 7.37. The lowest BCUT2D eigenvalue weighted by atomic mass is 10.2. The molecule has 2 aromatic carbocycles. The second kappa shape index (κ2) is 10.6. The fraction of sp³-hybridized carbons (Fsp3) is 0.227. The van der Waals surface area contributed by atoms with Gasteiger partial charge in [0.15, 0.2) is 6.61 Å².